The van der Waals surface area contributed by atoms with E-state index in [4.69, 9.17) is 10.2 Å². The summed E-state index contributed by atoms with van der Waals surface area (Å²) in [6.07, 6.45) is 8.56. The van der Waals surface area contributed by atoms with Gasteiger partial charge in [-0.05, 0) is 79.8 Å². The van der Waals surface area contributed by atoms with Gasteiger partial charge < -0.3 is 14.8 Å². The topological polar surface area (TPSA) is 61.8 Å². The van der Waals surface area contributed by atoms with Gasteiger partial charge in [0, 0.05) is 55.5 Å². The number of anilines is 1. The third-order valence-electron chi connectivity index (χ3n) is 7.80. The van der Waals surface area contributed by atoms with Crippen LogP contribution in [0.2, 0.25) is 0 Å². The zero-order valence-electron chi connectivity index (χ0n) is 21.0. The molecule has 0 unspecified atom stereocenters. The average molecular weight is 477 g/mol. The molecule has 1 saturated heterocycles. The molecule has 4 aromatic rings. The van der Waals surface area contributed by atoms with Gasteiger partial charge in [0.1, 0.15) is 0 Å². The third kappa shape index (κ3) is 4.10. The van der Waals surface area contributed by atoms with E-state index in [1.54, 1.807) is 0 Å². The minimum absolute atomic E-state index is 0.584. The van der Waals surface area contributed by atoms with Crippen LogP contribution in [0.15, 0.2) is 67.1 Å². The highest BCUT2D eigenvalue weighted by Gasteiger charge is 2.25. The highest BCUT2D eigenvalue weighted by molar-refractivity contribution is 5.72. The molecule has 1 fully saturated rings. The minimum Gasteiger partial charge on any atom is -0.371 e. The van der Waals surface area contributed by atoms with Crippen LogP contribution in [0.4, 0.5) is 5.69 Å². The largest absolute Gasteiger partial charge is 0.371 e. The van der Waals surface area contributed by atoms with Crippen molar-refractivity contribution >= 4 is 5.69 Å². The zero-order valence-corrected chi connectivity index (χ0v) is 21.0. The van der Waals surface area contributed by atoms with Gasteiger partial charge in [0.25, 0.3) is 0 Å². The first-order valence-corrected chi connectivity index (χ1v) is 13.0. The van der Waals surface area contributed by atoms with Gasteiger partial charge in [-0.2, -0.15) is 5.26 Å². The first-order valence-electron chi connectivity index (χ1n) is 13.0. The molecular formula is C30H32N6. The van der Waals surface area contributed by atoms with Crippen molar-refractivity contribution in [1.29, 1.82) is 5.26 Å². The maximum atomic E-state index is 9.14. The highest BCUT2D eigenvalue weighted by Crippen LogP contribution is 2.36. The van der Waals surface area contributed by atoms with Gasteiger partial charge in [0.15, 0.2) is 5.82 Å². The van der Waals surface area contributed by atoms with E-state index in [9.17, 15) is 0 Å². The number of imidazole rings is 1. The Morgan fingerprint density at radius 3 is 2.81 bits per heavy atom. The summed E-state index contributed by atoms with van der Waals surface area (Å²) in [4.78, 5) is 7.27. The summed E-state index contributed by atoms with van der Waals surface area (Å²) in [5, 5.41) is 12.8. The van der Waals surface area contributed by atoms with E-state index in [-0.39, 0.29) is 0 Å². The average Bonchev–Trinajstić information content (AvgIpc) is 3.66. The van der Waals surface area contributed by atoms with Crippen molar-refractivity contribution in [2.75, 3.05) is 24.5 Å². The van der Waals surface area contributed by atoms with Crippen molar-refractivity contribution in [3.05, 3.63) is 78.2 Å². The van der Waals surface area contributed by atoms with Crippen LogP contribution in [0.5, 0.6) is 0 Å². The van der Waals surface area contributed by atoms with E-state index in [0.717, 1.165) is 48.8 Å². The van der Waals surface area contributed by atoms with E-state index in [1.165, 1.54) is 29.8 Å². The van der Waals surface area contributed by atoms with Crippen LogP contribution in [0, 0.1) is 17.2 Å². The maximum Gasteiger partial charge on any atom is 0.161 e. The molecule has 0 radical (unpaired) electrons. The lowest BCUT2D eigenvalue weighted by molar-refractivity contribution is 0.456. The van der Waals surface area contributed by atoms with Crippen LogP contribution in [0.3, 0.4) is 0 Å². The first-order chi connectivity index (χ1) is 17.6. The maximum absolute atomic E-state index is 9.14. The number of fused-ring (bicyclic) bond motifs is 5. The summed E-state index contributed by atoms with van der Waals surface area (Å²) >= 11 is 0. The molecule has 4 heterocycles. The lowest BCUT2D eigenvalue weighted by Gasteiger charge is -2.22. The van der Waals surface area contributed by atoms with Crippen molar-refractivity contribution in [1.82, 2.24) is 19.4 Å². The number of nitriles is 1. The van der Waals surface area contributed by atoms with Crippen molar-refractivity contribution in [3.63, 3.8) is 0 Å². The summed E-state index contributed by atoms with van der Waals surface area (Å²) in [5.41, 5.74) is 7.84. The molecule has 0 spiro atoms. The van der Waals surface area contributed by atoms with Crippen LogP contribution in [0.25, 0.3) is 28.3 Å². The molecule has 2 aliphatic heterocycles. The number of nitrogens with one attached hydrogen (secondary N) is 1. The van der Waals surface area contributed by atoms with Crippen LogP contribution in [-0.4, -0.2) is 39.8 Å². The summed E-state index contributed by atoms with van der Waals surface area (Å²) < 4.78 is 4.52. The van der Waals surface area contributed by atoms with Crippen molar-refractivity contribution < 1.29 is 0 Å². The molecule has 6 rings (SSSR count). The Labute approximate surface area is 212 Å². The number of hydrogen-bond acceptors (Lipinski definition) is 4. The van der Waals surface area contributed by atoms with Crippen LogP contribution in [-0.2, 0) is 6.54 Å². The summed E-state index contributed by atoms with van der Waals surface area (Å²) in [7, 11) is 0. The summed E-state index contributed by atoms with van der Waals surface area (Å²) in [5.74, 6) is 1.66. The number of nitrogens with zero attached hydrogens (tertiary/aromatic N) is 5. The van der Waals surface area contributed by atoms with E-state index in [0.29, 0.717) is 17.5 Å². The van der Waals surface area contributed by atoms with E-state index in [2.05, 4.69) is 75.9 Å². The fourth-order valence-electron chi connectivity index (χ4n) is 5.47. The Morgan fingerprint density at radius 1 is 1.14 bits per heavy atom. The number of hydrogen-bond donors (Lipinski definition) is 1. The lowest BCUT2D eigenvalue weighted by Crippen LogP contribution is -2.32. The van der Waals surface area contributed by atoms with Gasteiger partial charge in [0.05, 0.1) is 23.0 Å². The molecule has 2 aromatic heterocycles. The summed E-state index contributed by atoms with van der Waals surface area (Å²) in [6.45, 7) is 8.62. The quantitative estimate of drug-likeness (QED) is 0.354. The third-order valence-corrected chi connectivity index (χ3v) is 7.80. The second-order valence-electron chi connectivity index (χ2n) is 10.2. The van der Waals surface area contributed by atoms with Gasteiger partial charge in [0.2, 0.25) is 0 Å². The minimum atomic E-state index is 0.584. The molecule has 1 N–H and O–H groups in total. The summed E-state index contributed by atoms with van der Waals surface area (Å²) in [6, 6.07) is 19.7. The second kappa shape index (κ2) is 9.33. The first kappa shape index (κ1) is 22.6. The van der Waals surface area contributed by atoms with Gasteiger partial charge in [-0.3, -0.25) is 4.57 Å². The molecule has 6 nitrogen and oxygen atoms in total. The molecular weight excluding hydrogens is 444 g/mol. The van der Waals surface area contributed by atoms with Crippen LogP contribution >= 0.6 is 0 Å². The predicted octanol–water partition coefficient (Wildman–Crippen LogP) is 5.46. The van der Waals surface area contributed by atoms with Gasteiger partial charge in [-0.15, -0.1) is 0 Å². The number of aromatic nitrogens is 3. The Bertz CT molecular complexity index is 1420. The number of benzene rings is 2. The monoisotopic (exact) mass is 476 g/mol. The molecule has 182 valence electrons. The standard InChI is InChI=1S/C30H32N6/c1-3-21(2)33-17-23-10-12-34(18-23)27-8-9-28-26(14-27)20-35-19-25(24-6-4-22(16-31)5-7-24)15-29(35)30-32-11-13-36(28)30/h4-9,11,13-15,19,21,23,33H,3,10,12,17-18,20H2,1-2H3/t21-,23+/m1/s1. The number of rotatable bonds is 6. The van der Waals surface area contributed by atoms with Crippen molar-refractivity contribution in [2.24, 2.45) is 5.92 Å². The predicted molar refractivity (Wildman–Crippen MR) is 144 cm³/mol. The molecule has 0 bridgehead atoms. The molecule has 36 heavy (non-hydrogen) atoms. The zero-order chi connectivity index (χ0) is 24.6. The normalized spacial score (nSPS) is 17.1. The molecule has 2 atom stereocenters. The molecule has 0 aliphatic carbocycles. The molecule has 6 heteroatoms. The van der Waals surface area contributed by atoms with E-state index >= 15 is 0 Å². The smallest absolute Gasteiger partial charge is 0.161 e. The molecule has 2 aliphatic rings. The molecule has 0 saturated carbocycles. The lowest BCUT2D eigenvalue weighted by atomic mass is 10.1. The van der Waals surface area contributed by atoms with Crippen molar-refractivity contribution in [2.45, 2.75) is 39.3 Å². The SMILES string of the molecule is CC[C@@H](C)NC[C@@H]1CCN(c2ccc3c(c2)Cn2cc(-c4ccc(C#N)cc4)cc2-c2nccn2-3)C1. The Morgan fingerprint density at radius 2 is 2.00 bits per heavy atom. The second-order valence-corrected chi connectivity index (χ2v) is 10.2. The fourth-order valence-corrected chi connectivity index (χ4v) is 5.47. The van der Waals surface area contributed by atoms with E-state index in [1.807, 2.05) is 30.5 Å². The molecule has 2 aromatic carbocycles. The highest BCUT2D eigenvalue weighted by atomic mass is 15.2. The van der Waals surface area contributed by atoms with Crippen molar-refractivity contribution in [3.8, 4) is 34.4 Å². The Balaban J connectivity index is 1.30. The van der Waals surface area contributed by atoms with E-state index < -0.39 is 0 Å². The molecule has 0 amide bonds. The van der Waals surface area contributed by atoms with Crippen LogP contribution < -0.4 is 10.2 Å². The van der Waals surface area contributed by atoms with Crippen LogP contribution in [0.1, 0.15) is 37.8 Å². The fraction of sp³-hybridized carbons (Fsp3) is 0.333. The van der Waals surface area contributed by atoms with Gasteiger partial charge in [-0.25, -0.2) is 4.98 Å². The Kier molecular flexibility index (Phi) is 5.86. The Hall–Kier alpha value is -3.82. The van der Waals surface area contributed by atoms with Gasteiger partial charge in [-0.1, -0.05) is 19.1 Å². The van der Waals surface area contributed by atoms with Gasteiger partial charge >= 0.3 is 0 Å².